The first-order valence-electron chi connectivity index (χ1n) is 10.1. The Morgan fingerprint density at radius 3 is 2.30 bits per heavy atom. The fourth-order valence-corrected chi connectivity index (χ4v) is 3.08. The Labute approximate surface area is 196 Å². The number of nitrogens with zero attached hydrogens (tertiary/aromatic N) is 1. The summed E-state index contributed by atoms with van der Waals surface area (Å²) >= 11 is 5.94. The lowest BCUT2D eigenvalue weighted by Crippen LogP contribution is -2.29. The van der Waals surface area contributed by atoms with E-state index in [9.17, 15) is 19.8 Å². The number of benzene rings is 2. The normalized spacial score (nSPS) is 10.4. The van der Waals surface area contributed by atoms with Crippen LogP contribution in [-0.4, -0.2) is 45.4 Å². The highest BCUT2D eigenvalue weighted by molar-refractivity contribution is 6.32. The third kappa shape index (κ3) is 6.39. The summed E-state index contributed by atoms with van der Waals surface area (Å²) in [5.41, 5.74) is 7.09. The van der Waals surface area contributed by atoms with E-state index in [4.69, 9.17) is 22.1 Å². The van der Waals surface area contributed by atoms with Crippen LogP contribution in [0.25, 0.3) is 22.4 Å². The Morgan fingerprint density at radius 2 is 1.82 bits per heavy atom. The molecule has 6 N–H and O–H groups in total. The quantitative estimate of drug-likeness (QED) is 0.366. The van der Waals surface area contributed by atoms with Crippen molar-refractivity contribution in [2.24, 2.45) is 5.73 Å². The molecule has 3 aromatic rings. The van der Waals surface area contributed by atoms with E-state index in [-0.39, 0.29) is 45.4 Å². The topological polar surface area (TPSA) is 151 Å². The van der Waals surface area contributed by atoms with Crippen LogP contribution in [0, 0.1) is 0 Å². The van der Waals surface area contributed by atoms with Gasteiger partial charge in [-0.15, -0.1) is 0 Å². The summed E-state index contributed by atoms with van der Waals surface area (Å²) in [6.07, 6.45) is 0.582. The molecule has 0 aliphatic carbocycles. The van der Waals surface area contributed by atoms with Gasteiger partial charge in [-0.2, -0.15) is 5.10 Å². The number of halogens is 1. The van der Waals surface area contributed by atoms with Crippen molar-refractivity contribution in [3.63, 3.8) is 0 Å². The molecule has 0 unspecified atom stereocenters. The Morgan fingerprint density at radius 1 is 1.18 bits per heavy atom. The number of phenolic OH excluding ortho intramolecular Hbond substituents is 2. The molecule has 1 heterocycles. The fraction of sp³-hybridized carbons (Fsp3) is 0.261. The number of nitrogens with one attached hydrogen (secondary N) is 2. The Hall–Kier alpha value is -3.72. The number of aromatic amines is 1. The Kier molecular flexibility index (Phi) is 8.70. The maximum Gasteiger partial charge on any atom is 0.267 e. The summed E-state index contributed by atoms with van der Waals surface area (Å²) in [5.74, 6) is -0.433. The van der Waals surface area contributed by atoms with Gasteiger partial charge in [-0.25, -0.2) is 0 Å². The second kappa shape index (κ2) is 11.2. The molecule has 0 spiro atoms. The molecule has 0 fully saturated rings. The van der Waals surface area contributed by atoms with Crippen LogP contribution in [0.5, 0.6) is 17.2 Å². The van der Waals surface area contributed by atoms with Gasteiger partial charge in [-0.3, -0.25) is 14.7 Å². The lowest BCUT2D eigenvalue weighted by Gasteiger charge is -2.09. The third-order valence-electron chi connectivity index (χ3n) is 4.48. The van der Waals surface area contributed by atoms with Crippen molar-refractivity contribution in [3.05, 3.63) is 47.1 Å². The van der Waals surface area contributed by atoms with E-state index in [0.29, 0.717) is 23.3 Å². The number of hydrogen-bond acceptors (Lipinski definition) is 6. The zero-order valence-electron chi connectivity index (χ0n) is 18.8. The minimum absolute atomic E-state index is 0.0390. The van der Waals surface area contributed by atoms with Crippen LogP contribution in [0.4, 0.5) is 0 Å². The predicted octanol–water partition coefficient (Wildman–Crippen LogP) is 3.84. The number of aromatic nitrogens is 2. The number of carbonyl (C=O) groups excluding carboxylic acids is 2. The molecule has 2 aromatic carbocycles. The van der Waals surface area contributed by atoms with E-state index in [1.807, 2.05) is 20.8 Å². The number of primary amides is 1. The van der Waals surface area contributed by atoms with Gasteiger partial charge in [0.05, 0.1) is 12.1 Å². The van der Waals surface area contributed by atoms with E-state index >= 15 is 0 Å². The van der Waals surface area contributed by atoms with Crippen LogP contribution in [0.1, 0.15) is 37.7 Å². The Bertz CT molecular complexity index is 1130. The minimum Gasteiger partial charge on any atom is -0.507 e. The second-order valence-electron chi connectivity index (χ2n) is 7.31. The molecule has 0 aliphatic heterocycles. The number of H-pyrrole nitrogens is 1. The summed E-state index contributed by atoms with van der Waals surface area (Å²) in [6.45, 7) is 5.75. The third-order valence-corrected chi connectivity index (χ3v) is 4.79. The zero-order chi connectivity index (χ0) is 24.7. The number of carbonyl (C=O) groups is 2. The number of nitrogens with two attached hydrogens (primary N) is 1. The summed E-state index contributed by atoms with van der Waals surface area (Å²) < 4.78 is 5.13. The summed E-state index contributed by atoms with van der Waals surface area (Å²) in [6, 6.07) is 9.66. The zero-order valence-corrected chi connectivity index (χ0v) is 19.5. The first-order chi connectivity index (χ1) is 15.6. The predicted molar refractivity (Wildman–Crippen MR) is 126 cm³/mol. The molecule has 33 heavy (non-hydrogen) atoms. The molecule has 2 amide bonds. The largest absolute Gasteiger partial charge is 0.507 e. The molecule has 3 rings (SSSR count). The highest BCUT2D eigenvalue weighted by atomic mass is 35.5. The van der Waals surface area contributed by atoms with Crippen LogP contribution >= 0.6 is 11.6 Å². The molecule has 0 radical (unpaired) electrons. The van der Waals surface area contributed by atoms with Crippen molar-refractivity contribution in [1.82, 2.24) is 15.5 Å². The standard InChI is InChI=1S/C17H14ClN3O4.C6H13NO/c1-25-9-4-2-8(3-5-9)14-15(20-21-16(14)17(19)24)10-6-11(18)13(23)7-12(10)22;1-4-6(8)7-5(2)3/h2-7,22-23H,1H3,(H2,19,24)(H,20,21);5H,4H2,1-3H3,(H,7,8). The summed E-state index contributed by atoms with van der Waals surface area (Å²) in [7, 11) is 1.55. The van der Waals surface area contributed by atoms with E-state index in [0.717, 1.165) is 6.07 Å². The number of rotatable bonds is 6. The monoisotopic (exact) mass is 474 g/mol. The fourth-order valence-electron chi connectivity index (χ4n) is 2.92. The molecular formula is C23H27ClN4O5. The van der Waals surface area contributed by atoms with Crippen molar-refractivity contribution in [3.8, 4) is 39.6 Å². The molecule has 0 bridgehead atoms. The average Bonchev–Trinajstić information content (AvgIpc) is 3.21. The van der Waals surface area contributed by atoms with E-state index in [1.165, 1.54) is 6.07 Å². The van der Waals surface area contributed by atoms with E-state index in [2.05, 4.69) is 15.5 Å². The van der Waals surface area contributed by atoms with E-state index in [1.54, 1.807) is 31.4 Å². The molecule has 0 aliphatic rings. The first-order valence-corrected chi connectivity index (χ1v) is 10.5. The van der Waals surface area contributed by atoms with Crippen molar-refractivity contribution >= 4 is 23.4 Å². The van der Waals surface area contributed by atoms with Gasteiger partial charge >= 0.3 is 0 Å². The van der Waals surface area contributed by atoms with Crippen LogP contribution in [-0.2, 0) is 4.79 Å². The number of amides is 2. The number of hydrogen-bond donors (Lipinski definition) is 5. The average molecular weight is 475 g/mol. The molecule has 1 aromatic heterocycles. The van der Waals surface area contributed by atoms with Gasteiger partial charge in [0.15, 0.2) is 0 Å². The van der Waals surface area contributed by atoms with Crippen molar-refractivity contribution in [2.75, 3.05) is 7.11 Å². The van der Waals surface area contributed by atoms with Crippen molar-refractivity contribution < 1.29 is 24.5 Å². The molecule has 9 nitrogen and oxygen atoms in total. The Balaban J connectivity index is 0.000000414. The summed E-state index contributed by atoms with van der Waals surface area (Å²) in [4.78, 5) is 22.3. The first kappa shape index (κ1) is 25.5. The number of methoxy groups -OCH3 is 1. The van der Waals surface area contributed by atoms with Crippen molar-refractivity contribution in [1.29, 1.82) is 0 Å². The van der Waals surface area contributed by atoms with Gasteiger partial charge < -0.3 is 26.0 Å². The van der Waals surface area contributed by atoms with Gasteiger partial charge in [0, 0.05) is 29.7 Å². The van der Waals surface area contributed by atoms with E-state index < -0.39 is 5.91 Å². The molecule has 0 atom stereocenters. The van der Waals surface area contributed by atoms with Crippen LogP contribution in [0.2, 0.25) is 5.02 Å². The minimum atomic E-state index is -0.700. The lowest BCUT2D eigenvalue weighted by atomic mass is 9.98. The van der Waals surface area contributed by atoms with Crippen LogP contribution < -0.4 is 15.8 Å². The van der Waals surface area contributed by atoms with Gasteiger partial charge in [-0.05, 0) is 37.6 Å². The van der Waals surface area contributed by atoms with Crippen molar-refractivity contribution in [2.45, 2.75) is 33.2 Å². The molecule has 10 heteroatoms. The molecule has 176 valence electrons. The maximum atomic E-state index is 11.8. The highest BCUT2D eigenvalue weighted by Gasteiger charge is 2.23. The molecule has 0 saturated heterocycles. The van der Waals surface area contributed by atoms with Crippen LogP contribution in [0.3, 0.4) is 0 Å². The SMILES string of the molecule is CCC(=O)NC(C)C.COc1ccc(-c2c(-c3cc(Cl)c(O)cc3O)n[nH]c2C(N)=O)cc1. The van der Waals surface area contributed by atoms with Gasteiger partial charge in [0.2, 0.25) is 5.91 Å². The summed E-state index contributed by atoms with van der Waals surface area (Å²) in [5, 5.41) is 29.2. The molecular weight excluding hydrogens is 448 g/mol. The smallest absolute Gasteiger partial charge is 0.267 e. The highest BCUT2D eigenvalue weighted by Crippen LogP contribution is 2.41. The number of aromatic hydroxyl groups is 2. The van der Waals surface area contributed by atoms with Crippen LogP contribution in [0.15, 0.2) is 36.4 Å². The van der Waals surface area contributed by atoms with Gasteiger partial charge in [-0.1, -0.05) is 30.7 Å². The number of ether oxygens (including phenoxy) is 1. The van der Waals surface area contributed by atoms with Gasteiger partial charge in [0.25, 0.3) is 5.91 Å². The number of phenols is 2. The molecule has 0 saturated carbocycles. The maximum absolute atomic E-state index is 11.8. The second-order valence-corrected chi connectivity index (χ2v) is 7.72. The van der Waals surface area contributed by atoms with Gasteiger partial charge in [0.1, 0.15) is 28.6 Å². The lowest BCUT2D eigenvalue weighted by molar-refractivity contribution is -0.121.